The molecule has 132 heavy (non-hydrogen) atoms. The first-order valence-corrected chi connectivity index (χ1v) is 45.2. The summed E-state index contributed by atoms with van der Waals surface area (Å²) in [6.07, 6.45) is 5.46. The fraction of sp³-hybridized carbons (Fsp3) is 0.0325. The zero-order chi connectivity index (χ0) is 86.3. The van der Waals surface area contributed by atoms with Crippen molar-refractivity contribution in [3.63, 3.8) is 0 Å². The molecule has 17 aromatic carbocycles. The topological polar surface area (TPSA) is 117 Å². The van der Waals surface area contributed by atoms with Gasteiger partial charge in [0.2, 0.25) is 0 Å². The Hall–Kier alpha value is -17.3. The Morgan fingerprint density at radius 1 is 0.159 bits per heavy atom. The number of benzene rings is 17. The molecular weight excluding hydrogens is 1610 g/mol. The third kappa shape index (κ3) is 9.71. The molecular formula is C123H71N7O2. The molecule has 0 fully saturated rings. The Labute approximate surface area is 759 Å². The van der Waals surface area contributed by atoms with Gasteiger partial charge in [0, 0.05) is 79.1 Å². The van der Waals surface area contributed by atoms with E-state index in [0.29, 0.717) is 23.3 Å². The van der Waals surface area contributed by atoms with Gasteiger partial charge < -0.3 is 8.83 Å². The number of nitrogens with zero attached hydrogens (tertiary/aromatic N) is 7. The van der Waals surface area contributed by atoms with Crippen LogP contribution in [0.3, 0.4) is 0 Å². The van der Waals surface area contributed by atoms with E-state index in [1.165, 1.54) is 94.6 Å². The summed E-state index contributed by atoms with van der Waals surface area (Å²) in [6, 6.07) is 152. The van der Waals surface area contributed by atoms with E-state index < -0.39 is 21.7 Å². The molecule has 6 heterocycles. The normalized spacial score (nSPS) is 14.3. The minimum Gasteiger partial charge on any atom is -0.456 e. The number of hydrogen-bond donors (Lipinski definition) is 0. The van der Waals surface area contributed by atoms with Crippen LogP contribution in [0.5, 0.6) is 0 Å². The van der Waals surface area contributed by atoms with E-state index in [2.05, 4.69) is 393 Å². The van der Waals surface area contributed by atoms with Crippen molar-refractivity contribution in [3.05, 3.63) is 520 Å². The molecule has 6 aliphatic rings. The van der Waals surface area contributed by atoms with Crippen molar-refractivity contribution in [2.24, 2.45) is 0 Å². The average molecular weight is 1680 g/mol. The standard InChI is InChI=1S/C123H71N7O2/c1-3-26-72(27-4-1)75-30-25-31-76(62-75)110-71-111(127-116(126-110)73-28-5-2-6-29-73)78-50-53-85-88-67-92-90-63-77(52-55-113(90)132-115(92)69-107(88)123(106(85)65-78)104-47-22-18-43-100(104)121(101-44-19-23-48-105(101)123)95-39-14-9-34-83(95)84-35-10-15-40-96(84)121)109-66-80(58-61-125-109)119-129-117(74-56-59-124-60-57-74)128-118(130-119)79-51-54-97-87(64-79)89-68-91-86-36-11-24-49-112(86)131-114(91)70-108(89)122(97)102-45-20-16-41-98(102)120(99-42-17-21-46-103(99)122)93-37-12-7-32-81(93)82-33-8-13-38-94(82)120/h1-71H. The smallest absolute Gasteiger partial charge is 0.164 e. The predicted octanol–water partition coefficient (Wildman–Crippen LogP) is 28.7. The molecule has 0 unspecified atom stereocenters. The Bertz CT molecular complexity index is 8770. The highest BCUT2D eigenvalue weighted by Crippen LogP contribution is 2.71. The summed E-state index contributed by atoms with van der Waals surface area (Å²) < 4.78 is 14.3. The summed E-state index contributed by atoms with van der Waals surface area (Å²) in [5.74, 6) is 2.20. The van der Waals surface area contributed by atoms with Gasteiger partial charge in [-0.1, -0.05) is 315 Å². The first kappa shape index (κ1) is 72.8. The van der Waals surface area contributed by atoms with Crippen LogP contribution in [0.4, 0.5) is 0 Å². The van der Waals surface area contributed by atoms with Crippen molar-refractivity contribution in [1.82, 2.24) is 34.9 Å². The van der Waals surface area contributed by atoms with E-state index in [-0.39, 0.29) is 0 Å². The zero-order valence-electron chi connectivity index (χ0n) is 70.9. The predicted molar refractivity (Wildman–Crippen MR) is 525 cm³/mol. The highest BCUT2D eigenvalue weighted by Gasteiger charge is 2.62. The van der Waals surface area contributed by atoms with E-state index in [4.69, 9.17) is 38.7 Å². The molecule has 9 heteroatoms. The van der Waals surface area contributed by atoms with Crippen LogP contribution in [-0.4, -0.2) is 34.9 Å². The largest absolute Gasteiger partial charge is 0.456 e. The van der Waals surface area contributed by atoms with Crippen molar-refractivity contribution < 1.29 is 8.83 Å². The summed E-state index contributed by atoms with van der Waals surface area (Å²) in [6.45, 7) is 0. The molecule has 0 atom stereocenters. The molecule has 9 nitrogen and oxygen atoms in total. The van der Waals surface area contributed by atoms with E-state index in [1.807, 2.05) is 30.5 Å². The molecule has 6 aliphatic carbocycles. The lowest BCUT2D eigenvalue weighted by molar-refractivity contribution is 0.630. The number of rotatable bonds is 8. The number of pyridine rings is 2. The third-order valence-electron chi connectivity index (χ3n) is 29.7. The van der Waals surface area contributed by atoms with Crippen molar-refractivity contribution in [1.29, 1.82) is 0 Å². The lowest BCUT2D eigenvalue weighted by atomic mass is 9.52. The van der Waals surface area contributed by atoms with E-state index in [0.717, 1.165) is 150 Å². The highest BCUT2D eigenvalue weighted by molar-refractivity contribution is 6.12. The van der Waals surface area contributed by atoms with E-state index in [1.54, 1.807) is 12.4 Å². The van der Waals surface area contributed by atoms with Gasteiger partial charge in [0.15, 0.2) is 23.3 Å². The SMILES string of the molecule is c1ccc(-c2cccc(-c3cc(-c4ccc5c(c4)C4(c6cc7oc8ccc(-c9cc(-c%10nc(-c%11ccncc%11)nc(-c%11ccc%12c(c%11)-c%11cc%13c(cc%11C%12%11c%12ccccc%12C%12(c%14ccccc%14-c%14ccccc%14%12)c%12ccccc%12%11)oc%11ccccc%11%13)n%10)ccn9)cc8c7cc6-5)c5ccccc5C5(c6ccccc6-c6ccccc65)c5ccccc54)nc(-c4ccccc4)n3)c2)cc1. The molecule has 0 radical (unpaired) electrons. The van der Waals surface area contributed by atoms with Crippen molar-refractivity contribution in [3.8, 4) is 135 Å². The maximum atomic E-state index is 7.32. The van der Waals surface area contributed by atoms with Gasteiger partial charge in [0.1, 0.15) is 22.3 Å². The highest BCUT2D eigenvalue weighted by atomic mass is 16.3. The number of para-hydroxylation sites is 1. The Morgan fingerprint density at radius 2 is 0.508 bits per heavy atom. The summed E-state index contributed by atoms with van der Waals surface area (Å²) in [4.78, 5) is 37.0. The van der Waals surface area contributed by atoms with Crippen molar-refractivity contribution in [2.45, 2.75) is 21.7 Å². The summed E-state index contributed by atoms with van der Waals surface area (Å²) in [7, 11) is 0. The first-order chi connectivity index (χ1) is 65.4. The monoisotopic (exact) mass is 1680 g/mol. The molecule has 0 saturated heterocycles. The van der Waals surface area contributed by atoms with Crippen LogP contribution in [0.1, 0.15) is 89.0 Å². The lowest BCUT2D eigenvalue weighted by Gasteiger charge is -2.48. The van der Waals surface area contributed by atoms with Crippen molar-refractivity contribution in [2.75, 3.05) is 0 Å². The van der Waals surface area contributed by atoms with Gasteiger partial charge in [-0.3, -0.25) is 9.97 Å². The average Bonchev–Trinajstić information content (AvgIpc) is 1.50. The quantitative estimate of drug-likeness (QED) is 0.147. The third-order valence-corrected chi connectivity index (χ3v) is 29.7. The molecule has 29 rings (SSSR count). The fourth-order valence-corrected chi connectivity index (χ4v) is 24.5. The van der Waals surface area contributed by atoms with Gasteiger partial charge in [-0.2, -0.15) is 0 Å². The van der Waals surface area contributed by atoms with Gasteiger partial charge in [0.25, 0.3) is 0 Å². The molecule has 610 valence electrons. The van der Waals surface area contributed by atoms with Crippen LogP contribution in [0, 0.1) is 0 Å². The van der Waals surface area contributed by atoms with Crippen LogP contribution in [0.25, 0.3) is 179 Å². The molecule has 6 aromatic heterocycles. The van der Waals surface area contributed by atoms with E-state index in [9.17, 15) is 0 Å². The second kappa shape index (κ2) is 27.1. The molecule has 0 N–H and O–H groups in total. The molecule has 4 spiro atoms. The molecule has 0 aliphatic heterocycles. The maximum Gasteiger partial charge on any atom is 0.164 e. The van der Waals surface area contributed by atoms with E-state index >= 15 is 0 Å². The van der Waals surface area contributed by atoms with Gasteiger partial charge in [-0.05, 0) is 242 Å². The minimum atomic E-state index is -0.878. The molecule has 0 saturated carbocycles. The second-order valence-electron chi connectivity index (χ2n) is 35.8. The fourth-order valence-electron chi connectivity index (χ4n) is 24.5. The zero-order valence-corrected chi connectivity index (χ0v) is 70.9. The molecule has 23 aromatic rings. The van der Waals surface area contributed by atoms with Gasteiger partial charge in [-0.25, -0.2) is 24.9 Å². The maximum absolute atomic E-state index is 7.32. The Balaban J connectivity index is 0.595. The number of hydrogen-bond acceptors (Lipinski definition) is 9. The Morgan fingerprint density at radius 3 is 1.06 bits per heavy atom. The summed E-state index contributed by atoms with van der Waals surface area (Å²) in [5, 5.41) is 4.09. The number of aromatic nitrogens is 7. The number of fused-ring (bicyclic) bond motifs is 38. The lowest BCUT2D eigenvalue weighted by Crippen LogP contribution is -2.43. The van der Waals surface area contributed by atoms with Crippen molar-refractivity contribution >= 4 is 43.9 Å². The minimum absolute atomic E-state index is 0.502. The van der Waals surface area contributed by atoms with Crippen LogP contribution in [0.2, 0.25) is 0 Å². The summed E-state index contributed by atoms with van der Waals surface area (Å²) >= 11 is 0. The van der Waals surface area contributed by atoms with Gasteiger partial charge in [0.05, 0.1) is 38.7 Å². The Kier molecular flexibility index (Phi) is 15.0. The van der Waals surface area contributed by atoms with Gasteiger partial charge >= 0.3 is 0 Å². The molecule has 0 bridgehead atoms. The second-order valence-corrected chi connectivity index (χ2v) is 35.8. The van der Waals surface area contributed by atoms with Gasteiger partial charge in [-0.15, -0.1) is 0 Å². The first-order valence-electron chi connectivity index (χ1n) is 45.2. The van der Waals surface area contributed by atoms with Crippen LogP contribution < -0.4 is 0 Å². The van der Waals surface area contributed by atoms with Crippen LogP contribution in [0.15, 0.2) is 440 Å². The molecule has 0 amide bonds. The van der Waals surface area contributed by atoms with Crippen LogP contribution >= 0.6 is 0 Å². The number of furan rings is 2. The summed E-state index contributed by atoms with van der Waals surface area (Å²) in [5.41, 5.74) is 40.4. The van der Waals surface area contributed by atoms with Crippen LogP contribution in [-0.2, 0) is 21.7 Å².